The van der Waals surface area contributed by atoms with Crippen molar-refractivity contribution in [3.63, 3.8) is 0 Å². The Morgan fingerprint density at radius 3 is 2.67 bits per heavy atom. The predicted molar refractivity (Wildman–Crippen MR) is 89.4 cm³/mol. The molecule has 2 aromatic rings. The maximum Gasteiger partial charge on any atom is 0.418 e. The highest BCUT2D eigenvalue weighted by Crippen LogP contribution is 2.45. The van der Waals surface area contributed by atoms with Gasteiger partial charge in [-0.05, 0) is 12.1 Å². The van der Waals surface area contributed by atoms with E-state index < -0.39 is 34.4 Å². The van der Waals surface area contributed by atoms with Gasteiger partial charge in [0.1, 0.15) is 6.04 Å². The van der Waals surface area contributed by atoms with Gasteiger partial charge in [-0.25, -0.2) is 9.48 Å². The van der Waals surface area contributed by atoms with Crippen molar-refractivity contribution in [2.75, 3.05) is 6.54 Å². The van der Waals surface area contributed by atoms with Crippen molar-refractivity contribution in [2.24, 2.45) is 5.73 Å². The standard InChI is InChI=1S/C15H15N5O6S/c16-13(21)6-11-14-10(7-17-19(14)9-4-2-1-3-5-9)12-8-18(11)15(22)20(12)26-27(23,24)25/h1-5,7,11-12H,6,8H2,(H2,16,21)(H,23,24,25)/t11-,12-/m1/s1. The highest BCUT2D eigenvalue weighted by molar-refractivity contribution is 7.80. The molecule has 3 heterocycles. The monoisotopic (exact) mass is 393 g/mol. The fourth-order valence-corrected chi connectivity index (χ4v) is 3.92. The van der Waals surface area contributed by atoms with E-state index in [1.54, 1.807) is 16.8 Å². The SMILES string of the molecule is NC(=O)C[C@@H]1c2c(cnn2-c2ccccc2)[C@H]2CN1C(=O)N2OS(=O)(=O)O. The van der Waals surface area contributed by atoms with Crippen LogP contribution in [0.25, 0.3) is 5.69 Å². The zero-order valence-electron chi connectivity index (χ0n) is 13.8. The minimum atomic E-state index is -4.91. The van der Waals surface area contributed by atoms with Crippen LogP contribution in [-0.4, -0.2) is 51.2 Å². The first-order valence-corrected chi connectivity index (χ1v) is 9.31. The van der Waals surface area contributed by atoms with Crippen LogP contribution in [0.4, 0.5) is 4.79 Å². The first kappa shape index (κ1) is 17.5. The summed E-state index contributed by atoms with van der Waals surface area (Å²) in [6, 6.07) is 6.70. The number of amides is 3. The number of carbonyl (C=O) groups excluding carboxylic acids is 2. The van der Waals surface area contributed by atoms with Gasteiger partial charge in [0.15, 0.2) is 0 Å². The van der Waals surface area contributed by atoms with Crippen molar-refractivity contribution in [1.82, 2.24) is 19.7 Å². The number of fused-ring (bicyclic) bond motifs is 4. The summed E-state index contributed by atoms with van der Waals surface area (Å²) in [6.07, 6.45) is 1.31. The van der Waals surface area contributed by atoms with E-state index >= 15 is 0 Å². The summed E-state index contributed by atoms with van der Waals surface area (Å²) in [5, 5.41) is 4.91. The van der Waals surface area contributed by atoms with Gasteiger partial charge >= 0.3 is 16.4 Å². The Morgan fingerprint density at radius 2 is 2.04 bits per heavy atom. The number of urea groups is 1. The van der Waals surface area contributed by atoms with Gasteiger partial charge in [0.05, 0.1) is 36.6 Å². The quantitative estimate of drug-likeness (QED) is 0.695. The number of nitrogens with zero attached hydrogens (tertiary/aromatic N) is 4. The van der Waals surface area contributed by atoms with Crippen molar-refractivity contribution in [2.45, 2.75) is 18.5 Å². The van der Waals surface area contributed by atoms with Gasteiger partial charge in [-0.3, -0.25) is 9.35 Å². The third-order valence-electron chi connectivity index (χ3n) is 4.54. The lowest BCUT2D eigenvalue weighted by atomic mass is 9.95. The molecule has 1 aromatic heterocycles. The maximum absolute atomic E-state index is 12.6. The van der Waals surface area contributed by atoms with Crippen molar-refractivity contribution in [1.29, 1.82) is 0 Å². The number of para-hydroxylation sites is 1. The van der Waals surface area contributed by atoms with E-state index in [-0.39, 0.29) is 13.0 Å². The molecule has 2 aliphatic heterocycles. The number of hydrogen-bond donors (Lipinski definition) is 2. The molecule has 27 heavy (non-hydrogen) atoms. The van der Waals surface area contributed by atoms with Crippen molar-refractivity contribution in [3.05, 3.63) is 47.8 Å². The molecule has 12 heteroatoms. The highest BCUT2D eigenvalue weighted by atomic mass is 32.3. The molecule has 0 radical (unpaired) electrons. The van der Waals surface area contributed by atoms with Gasteiger partial charge in [0.2, 0.25) is 5.91 Å². The molecule has 2 bridgehead atoms. The normalized spacial score (nSPS) is 21.4. The minimum Gasteiger partial charge on any atom is -0.370 e. The lowest BCUT2D eigenvalue weighted by Gasteiger charge is -2.30. The molecular weight excluding hydrogens is 378 g/mol. The third-order valence-corrected chi connectivity index (χ3v) is 4.89. The first-order valence-electron chi connectivity index (χ1n) is 7.94. The Balaban J connectivity index is 1.86. The molecule has 3 amide bonds. The van der Waals surface area contributed by atoms with E-state index in [1.165, 1.54) is 11.1 Å². The second-order valence-corrected chi connectivity index (χ2v) is 7.20. The molecule has 2 atom stereocenters. The van der Waals surface area contributed by atoms with Crippen LogP contribution in [0.1, 0.15) is 29.8 Å². The summed E-state index contributed by atoms with van der Waals surface area (Å²) < 4.78 is 37.3. The van der Waals surface area contributed by atoms with Crippen molar-refractivity contribution in [3.8, 4) is 5.69 Å². The van der Waals surface area contributed by atoms with Crippen LogP contribution in [0.5, 0.6) is 0 Å². The molecule has 1 saturated heterocycles. The molecule has 11 nitrogen and oxygen atoms in total. The van der Waals surface area contributed by atoms with Crippen LogP contribution >= 0.6 is 0 Å². The molecular formula is C15H15N5O6S. The lowest BCUT2D eigenvalue weighted by molar-refractivity contribution is -0.119. The molecule has 0 saturated carbocycles. The number of carbonyl (C=O) groups is 2. The van der Waals surface area contributed by atoms with Crippen LogP contribution in [0.3, 0.4) is 0 Å². The van der Waals surface area contributed by atoms with E-state index in [0.29, 0.717) is 22.0 Å². The summed E-state index contributed by atoms with van der Waals surface area (Å²) in [4.78, 5) is 25.5. The minimum absolute atomic E-state index is 0.0692. The Labute approximate surface area is 153 Å². The fraction of sp³-hybridized carbons (Fsp3) is 0.267. The highest BCUT2D eigenvalue weighted by Gasteiger charge is 2.52. The van der Waals surface area contributed by atoms with Crippen LogP contribution in [0.2, 0.25) is 0 Å². The zero-order chi connectivity index (χ0) is 19.3. The summed E-state index contributed by atoms with van der Waals surface area (Å²) >= 11 is 0. The van der Waals surface area contributed by atoms with Gasteiger partial charge in [-0.2, -0.15) is 18.6 Å². The molecule has 3 N–H and O–H groups in total. The van der Waals surface area contributed by atoms with E-state index in [0.717, 1.165) is 0 Å². The molecule has 0 spiro atoms. The second-order valence-electron chi connectivity index (χ2n) is 6.20. The van der Waals surface area contributed by atoms with Crippen LogP contribution in [0, 0.1) is 0 Å². The molecule has 4 rings (SSSR count). The molecule has 0 unspecified atom stereocenters. The van der Waals surface area contributed by atoms with E-state index in [9.17, 15) is 18.0 Å². The number of primary amides is 1. The predicted octanol–water partition coefficient (Wildman–Crippen LogP) is 0.316. The molecule has 1 fully saturated rings. The number of hydroxylamine groups is 2. The van der Waals surface area contributed by atoms with E-state index in [4.69, 9.17) is 10.3 Å². The second kappa shape index (κ2) is 6.04. The molecule has 0 aliphatic carbocycles. The van der Waals surface area contributed by atoms with Gasteiger partial charge < -0.3 is 10.6 Å². The van der Waals surface area contributed by atoms with E-state index in [2.05, 4.69) is 9.38 Å². The van der Waals surface area contributed by atoms with Gasteiger partial charge in [0.25, 0.3) is 0 Å². The van der Waals surface area contributed by atoms with Gasteiger partial charge in [-0.1, -0.05) is 18.2 Å². The van der Waals surface area contributed by atoms with E-state index in [1.807, 2.05) is 18.2 Å². The average molecular weight is 393 g/mol. The van der Waals surface area contributed by atoms with Crippen molar-refractivity contribution >= 4 is 22.3 Å². The molecule has 2 aliphatic rings. The topological polar surface area (TPSA) is 148 Å². The maximum atomic E-state index is 12.6. The van der Waals surface area contributed by atoms with Crippen LogP contribution < -0.4 is 5.73 Å². The fourth-order valence-electron chi connectivity index (χ4n) is 3.55. The Kier molecular flexibility index (Phi) is 3.91. The lowest BCUT2D eigenvalue weighted by Crippen LogP contribution is -2.37. The third kappa shape index (κ3) is 2.93. The average Bonchev–Trinajstić information content (AvgIpc) is 3.14. The molecule has 142 valence electrons. The Morgan fingerprint density at radius 1 is 1.33 bits per heavy atom. The number of hydrogen-bond acceptors (Lipinski definition) is 6. The van der Waals surface area contributed by atoms with Crippen LogP contribution in [-0.2, 0) is 19.5 Å². The Bertz CT molecular complexity index is 1020. The smallest absolute Gasteiger partial charge is 0.370 e. The van der Waals surface area contributed by atoms with Crippen LogP contribution in [0.15, 0.2) is 36.5 Å². The number of nitrogens with two attached hydrogens (primary N) is 1. The first-order chi connectivity index (χ1) is 12.8. The summed E-state index contributed by atoms with van der Waals surface area (Å²) in [6.45, 7) is 0.0692. The largest absolute Gasteiger partial charge is 0.418 e. The number of benzene rings is 1. The summed E-state index contributed by atoms with van der Waals surface area (Å²) in [5.74, 6) is -0.632. The summed E-state index contributed by atoms with van der Waals surface area (Å²) in [5.41, 5.74) is 7.11. The number of aromatic nitrogens is 2. The van der Waals surface area contributed by atoms with Gasteiger partial charge in [0, 0.05) is 5.56 Å². The van der Waals surface area contributed by atoms with Gasteiger partial charge in [-0.15, -0.1) is 4.28 Å². The van der Waals surface area contributed by atoms with Crippen molar-refractivity contribution < 1.29 is 26.8 Å². The zero-order valence-corrected chi connectivity index (χ0v) is 14.6. The Hall–Kier alpha value is -2.96. The number of rotatable bonds is 5. The molecule has 1 aromatic carbocycles. The summed E-state index contributed by atoms with van der Waals surface area (Å²) in [7, 11) is -4.91.